The van der Waals surface area contributed by atoms with Gasteiger partial charge in [0.05, 0.1) is 19.1 Å². The highest BCUT2D eigenvalue weighted by molar-refractivity contribution is 6.23. The quantitative estimate of drug-likeness (QED) is 0.428. The fourth-order valence-electron chi connectivity index (χ4n) is 5.03. The number of hydrogen-bond acceptors (Lipinski definition) is 4. The van der Waals surface area contributed by atoms with E-state index >= 15 is 0 Å². The summed E-state index contributed by atoms with van der Waals surface area (Å²) in [5.41, 5.74) is 1.34. The van der Waals surface area contributed by atoms with Crippen molar-refractivity contribution < 1.29 is 19.3 Å². The molecule has 7 heteroatoms. The number of quaternary nitrogens is 1. The van der Waals surface area contributed by atoms with Crippen molar-refractivity contribution in [3.05, 3.63) is 35.9 Å². The number of imide groups is 2. The molecule has 4 amide bonds. The summed E-state index contributed by atoms with van der Waals surface area (Å²) in [4.78, 5) is 45.2. The van der Waals surface area contributed by atoms with Crippen LogP contribution in [0.25, 0.3) is 0 Å². The molecule has 2 N–H and O–H groups in total. The smallest absolute Gasteiger partial charge is 0.331 e. The number of likely N-dealkylation sites (tertiary alicyclic amines) is 1. The molecule has 0 bridgehead atoms. The predicted molar refractivity (Wildman–Crippen MR) is 118 cm³/mol. The predicted octanol–water partition coefficient (Wildman–Crippen LogP) is 1.72. The van der Waals surface area contributed by atoms with Crippen LogP contribution in [0.2, 0.25) is 0 Å². The molecule has 1 aromatic rings. The number of hydrogen-bond donors (Lipinski definition) is 2. The lowest BCUT2D eigenvalue weighted by atomic mass is 10.0. The van der Waals surface area contributed by atoms with E-state index in [-0.39, 0.29) is 12.1 Å². The Labute approximate surface area is 183 Å². The van der Waals surface area contributed by atoms with Crippen molar-refractivity contribution in [2.45, 2.75) is 70.0 Å². The maximum Gasteiger partial charge on any atom is 0.331 e. The van der Waals surface area contributed by atoms with Crippen LogP contribution in [0, 0.1) is 5.92 Å². The Morgan fingerprint density at radius 1 is 0.968 bits per heavy atom. The van der Waals surface area contributed by atoms with Gasteiger partial charge in [0.2, 0.25) is 11.8 Å². The van der Waals surface area contributed by atoms with E-state index in [0.29, 0.717) is 0 Å². The fourth-order valence-corrected chi connectivity index (χ4v) is 5.03. The van der Waals surface area contributed by atoms with Crippen molar-refractivity contribution >= 4 is 24.1 Å². The summed E-state index contributed by atoms with van der Waals surface area (Å²) in [7, 11) is 0. The standard InChI is InChI=1S/C24H32N4O3/c29-22-21(23(30)28(24(31)26-22)20-10-6-1-2-7-11-20)16-25-19-12-14-27(15-13-19)17-18-8-4-3-5-9-18/h3-5,8-9,16,19-21H,1-2,6-7,10-15,17H2,(H,26,29,31)/p+1. The van der Waals surface area contributed by atoms with Gasteiger partial charge in [-0.05, 0) is 12.8 Å². The SMILES string of the molecule is O=C1NC(=O)N(C2CCCCCC2)C(=O)C1C=NC1CC[NH+](Cc2ccccc2)CC1. The second kappa shape index (κ2) is 10.2. The van der Waals surface area contributed by atoms with Crippen LogP contribution in [0.1, 0.15) is 56.9 Å². The van der Waals surface area contributed by atoms with Crippen LogP contribution in [-0.4, -0.2) is 54.1 Å². The van der Waals surface area contributed by atoms with E-state index in [1.54, 1.807) is 0 Å². The first kappa shape index (κ1) is 21.7. The molecule has 2 saturated heterocycles. The molecule has 1 aliphatic carbocycles. The van der Waals surface area contributed by atoms with Crippen molar-refractivity contribution in [2.75, 3.05) is 13.1 Å². The Morgan fingerprint density at radius 3 is 2.32 bits per heavy atom. The molecule has 2 heterocycles. The second-order valence-corrected chi connectivity index (χ2v) is 9.07. The first-order valence-corrected chi connectivity index (χ1v) is 11.7. The van der Waals surface area contributed by atoms with Gasteiger partial charge >= 0.3 is 6.03 Å². The third kappa shape index (κ3) is 5.39. The number of aliphatic imine (C=N–C) groups is 1. The van der Waals surface area contributed by atoms with Gasteiger partial charge in [-0.2, -0.15) is 0 Å². The Hall–Kier alpha value is -2.54. The highest BCUT2D eigenvalue weighted by Gasteiger charge is 2.43. The van der Waals surface area contributed by atoms with E-state index in [0.717, 1.165) is 71.0 Å². The van der Waals surface area contributed by atoms with E-state index in [9.17, 15) is 14.4 Å². The summed E-state index contributed by atoms with van der Waals surface area (Å²) in [6.07, 6.45) is 9.31. The van der Waals surface area contributed by atoms with Gasteiger partial charge in [-0.1, -0.05) is 56.0 Å². The molecule has 2 aliphatic heterocycles. The second-order valence-electron chi connectivity index (χ2n) is 9.07. The molecule has 1 saturated carbocycles. The first-order chi connectivity index (χ1) is 15.1. The summed E-state index contributed by atoms with van der Waals surface area (Å²) in [6.45, 7) is 3.06. The maximum absolute atomic E-state index is 13.0. The van der Waals surface area contributed by atoms with Crippen molar-refractivity contribution in [3.8, 4) is 0 Å². The maximum atomic E-state index is 13.0. The summed E-state index contributed by atoms with van der Waals surface area (Å²) < 4.78 is 0. The van der Waals surface area contributed by atoms with E-state index in [2.05, 4.69) is 34.6 Å². The van der Waals surface area contributed by atoms with Gasteiger partial charge in [0.1, 0.15) is 6.54 Å². The van der Waals surface area contributed by atoms with Gasteiger partial charge < -0.3 is 4.90 Å². The zero-order valence-electron chi connectivity index (χ0n) is 18.1. The van der Waals surface area contributed by atoms with E-state index < -0.39 is 23.8 Å². The molecule has 7 nitrogen and oxygen atoms in total. The number of barbiturate groups is 1. The molecule has 1 aromatic carbocycles. The molecule has 4 rings (SSSR count). The third-order valence-electron chi connectivity index (χ3n) is 6.83. The number of carbonyl (C=O) groups excluding carboxylic acids is 3. The van der Waals surface area contributed by atoms with Crippen LogP contribution in [0.15, 0.2) is 35.3 Å². The van der Waals surface area contributed by atoms with Gasteiger partial charge in [0, 0.05) is 30.7 Å². The number of rotatable bonds is 5. The van der Waals surface area contributed by atoms with Crippen LogP contribution in [0.3, 0.4) is 0 Å². The highest BCUT2D eigenvalue weighted by Crippen LogP contribution is 2.25. The molecule has 1 unspecified atom stereocenters. The van der Waals surface area contributed by atoms with Gasteiger partial charge in [0.25, 0.3) is 0 Å². The monoisotopic (exact) mass is 425 g/mol. The van der Waals surface area contributed by atoms with Crippen molar-refractivity contribution in [2.24, 2.45) is 10.9 Å². The molecule has 0 spiro atoms. The number of urea groups is 1. The lowest BCUT2D eigenvalue weighted by Crippen LogP contribution is -3.12. The number of nitrogens with one attached hydrogen (secondary N) is 2. The Kier molecular flexibility index (Phi) is 7.12. The average Bonchev–Trinajstić information content (AvgIpc) is 3.05. The lowest BCUT2D eigenvalue weighted by molar-refractivity contribution is -0.918. The molecule has 166 valence electrons. The molecule has 0 radical (unpaired) electrons. The topological polar surface area (TPSA) is 83.3 Å². The molecular formula is C24H33N4O3+. The Balaban J connectivity index is 1.34. The van der Waals surface area contributed by atoms with Gasteiger partial charge in [-0.25, -0.2) is 4.79 Å². The number of benzene rings is 1. The number of carbonyl (C=O) groups is 3. The van der Waals surface area contributed by atoms with Crippen molar-refractivity contribution in [3.63, 3.8) is 0 Å². The van der Waals surface area contributed by atoms with E-state index in [1.807, 2.05) is 6.07 Å². The van der Waals surface area contributed by atoms with Crippen LogP contribution in [0.4, 0.5) is 4.79 Å². The van der Waals surface area contributed by atoms with Crippen molar-refractivity contribution in [1.82, 2.24) is 10.2 Å². The van der Waals surface area contributed by atoms with Crippen LogP contribution in [-0.2, 0) is 16.1 Å². The number of nitrogens with zero attached hydrogens (tertiary/aromatic N) is 2. The zero-order chi connectivity index (χ0) is 21.6. The Bertz CT molecular complexity index is 809. The third-order valence-corrected chi connectivity index (χ3v) is 6.83. The minimum atomic E-state index is -0.990. The summed E-state index contributed by atoms with van der Waals surface area (Å²) >= 11 is 0. The van der Waals surface area contributed by atoms with Crippen LogP contribution >= 0.6 is 0 Å². The zero-order valence-corrected chi connectivity index (χ0v) is 18.1. The number of piperidine rings is 1. The van der Waals surface area contributed by atoms with E-state index in [4.69, 9.17) is 0 Å². The highest BCUT2D eigenvalue weighted by atomic mass is 16.2. The number of amides is 4. The van der Waals surface area contributed by atoms with Gasteiger partial charge in [-0.3, -0.25) is 24.8 Å². The molecule has 1 atom stereocenters. The molecule has 3 aliphatic rings. The largest absolute Gasteiger partial charge is 0.331 e. The molecule has 31 heavy (non-hydrogen) atoms. The molecular weight excluding hydrogens is 392 g/mol. The summed E-state index contributed by atoms with van der Waals surface area (Å²) in [6, 6.07) is 9.95. The molecule has 3 fully saturated rings. The van der Waals surface area contributed by atoms with Crippen molar-refractivity contribution in [1.29, 1.82) is 0 Å². The van der Waals surface area contributed by atoms with Crippen LogP contribution < -0.4 is 10.2 Å². The van der Waals surface area contributed by atoms with E-state index in [1.165, 1.54) is 21.6 Å². The first-order valence-electron chi connectivity index (χ1n) is 11.7. The minimum Gasteiger partial charge on any atom is -0.331 e. The summed E-state index contributed by atoms with van der Waals surface area (Å²) in [5.74, 6) is -1.94. The van der Waals surface area contributed by atoms with Gasteiger partial charge in [-0.15, -0.1) is 0 Å². The normalized spacial score (nSPS) is 28.6. The molecule has 0 aromatic heterocycles. The minimum absolute atomic E-state index is 0.108. The fraction of sp³-hybridized carbons (Fsp3) is 0.583. The average molecular weight is 426 g/mol. The van der Waals surface area contributed by atoms with Crippen LogP contribution in [0.5, 0.6) is 0 Å². The Morgan fingerprint density at radius 2 is 1.65 bits per heavy atom. The summed E-state index contributed by atoms with van der Waals surface area (Å²) in [5, 5.41) is 2.38. The lowest BCUT2D eigenvalue weighted by Gasteiger charge is -2.34. The van der Waals surface area contributed by atoms with Gasteiger partial charge in [0.15, 0.2) is 5.92 Å².